The Balaban J connectivity index is 1.48. The quantitative estimate of drug-likeness (QED) is 0.653. The Labute approximate surface area is 163 Å². The number of H-pyrrole nitrogens is 1. The summed E-state index contributed by atoms with van der Waals surface area (Å²) in [5, 5.41) is 4.61. The van der Waals surface area contributed by atoms with Crippen LogP contribution in [0.5, 0.6) is 0 Å². The fraction of sp³-hybridized carbons (Fsp3) is 0.273. The van der Waals surface area contributed by atoms with E-state index in [2.05, 4.69) is 29.4 Å². The topological polar surface area (TPSA) is 91.2 Å². The molecule has 6 nitrogen and oxygen atoms in total. The summed E-state index contributed by atoms with van der Waals surface area (Å²) in [6.07, 6.45) is 0.882. The molecule has 1 aliphatic heterocycles. The number of anilines is 1. The molecule has 6 heteroatoms. The van der Waals surface area contributed by atoms with Gasteiger partial charge >= 0.3 is 0 Å². The van der Waals surface area contributed by atoms with E-state index in [4.69, 9.17) is 5.73 Å². The van der Waals surface area contributed by atoms with Gasteiger partial charge in [0.15, 0.2) is 0 Å². The lowest BCUT2D eigenvalue weighted by Crippen LogP contribution is -2.41. The number of hydrogen-bond acceptors (Lipinski definition) is 4. The molecular weight excluding hydrogens is 352 g/mol. The summed E-state index contributed by atoms with van der Waals surface area (Å²) in [7, 11) is 0. The van der Waals surface area contributed by atoms with E-state index in [0.717, 1.165) is 24.0 Å². The maximum atomic E-state index is 12.8. The average Bonchev–Trinajstić information content (AvgIpc) is 2.72. The Bertz CT molecular complexity index is 1090. The minimum Gasteiger partial charge on any atom is -0.376 e. The van der Waals surface area contributed by atoms with Crippen molar-refractivity contribution in [3.63, 3.8) is 0 Å². The van der Waals surface area contributed by atoms with Crippen LogP contribution in [0, 0.1) is 0 Å². The van der Waals surface area contributed by atoms with Crippen LogP contribution in [-0.4, -0.2) is 28.9 Å². The molecule has 0 saturated carbocycles. The van der Waals surface area contributed by atoms with Crippen LogP contribution in [0.1, 0.15) is 29.8 Å². The molecule has 1 unspecified atom stereocenters. The van der Waals surface area contributed by atoms with Gasteiger partial charge in [0.25, 0.3) is 5.56 Å². The number of nitrogens with zero attached hydrogens (tertiary/aromatic N) is 1. The number of carbonyl (C=O) groups is 1. The van der Waals surface area contributed by atoms with Crippen LogP contribution in [0.25, 0.3) is 10.8 Å². The molecular formula is C22H24N4O2. The minimum absolute atomic E-state index is 0.0654. The molecule has 1 aliphatic rings. The predicted octanol–water partition coefficient (Wildman–Crippen LogP) is 2.54. The lowest BCUT2D eigenvalue weighted by molar-refractivity contribution is -0.131. The van der Waals surface area contributed by atoms with E-state index in [-0.39, 0.29) is 30.6 Å². The lowest BCUT2D eigenvalue weighted by atomic mass is 9.93. The molecule has 28 heavy (non-hydrogen) atoms. The Morgan fingerprint density at radius 3 is 2.89 bits per heavy atom. The van der Waals surface area contributed by atoms with Crippen molar-refractivity contribution in [2.45, 2.75) is 25.9 Å². The van der Waals surface area contributed by atoms with Crippen molar-refractivity contribution in [3.8, 4) is 0 Å². The van der Waals surface area contributed by atoms with E-state index >= 15 is 0 Å². The van der Waals surface area contributed by atoms with Gasteiger partial charge in [-0.05, 0) is 54.1 Å². The van der Waals surface area contributed by atoms with Crippen molar-refractivity contribution in [1.29, 1.82) is 0 Å². The molecule has 4 rings (SSSR count). The second-order valence-corrected chi connectivity index (χ2v) is 7.20. The van der Waals surface area contributed by atoms with Gasteiger partial charge in [0.1, 0.15) is 0 Å². The normalized spacial score (nSPS) is 16.1. The fourth-order valence-electron chi connectivity index (χ4n) is 3.94. The third-order valence-electron chi connectivity index (χ3n) is 5.48. The average molecular weight is 376 g/mol. The van der Waals surface area contributed by atoms with E-state index < -0.39 is 0 Å². The zero-order valence-electron chi connectivity index (χ0n) is 15.9. The number of nitrogens with one attached hydrogen (secondary N) is 2. The summed E-state index contributed by atoms with van der Waals surface area (Å²) in [6.45, 7) is 3.29. The molecule has 2 heterocycles. The standard InChI is InChI=1S/C22H24N4O2/c1-14-19-5-3-2-4-15(19)8-9-26(14)21(27)13-24-17-6-7-20-16(10-17)11-18(12-23)25-22(20)28/h2-7,10-11,14,24H,8-9,12-13,23H2,1H3,(H,25,28). The largest absolute Gasteiger partial charge is 0.376 e. The first-order valence-corrected chi connectivity index (χ1v) is 9.54. The molecule has 4 N–H and O–H groups in total. The monoisotopic (exact) mass is 376 g/mol. The molecule has 0 bridgehead atoms. The highest BCUT2D eigenvalue weighted by Crippen LogP contribution is 2.29. The molecule has 2 aromatic carbocycles. The molecule has 0 aliphatic carbocycles. The summed E-state index contributed by atoms with van der Waals surface area (Å²) >= 11 is 0. The third kappa shape index (κ3) is 3.39. The number of benzene rings is 2. The molecule has 144 valence electrons. The molecule has 1 atom stereocenters. The van der Waals surface area contributed by atoms with Crippen LogP contribution < -0.4 is 16.6 Å². The van der Waals surface area contributed by atoms with E-state index in [1.165, 1.54) is 11.1 Å². The van der Waals surface area contributed by atoms with Crippen molar-refractivity contribution in [2.75, 3.05) is 18.4 Å². The van der Waals surface area contributed by atoms with Gasteiger partial charge in [0.2, 0.25) is 5.91 Å². The summed E-state index contributed by atoms with van der Waals surface area (Å²) in [5.41, 5.74) is 9.53. The molecule has 1 aromatic heterocycles. The maximum absolute atomic E-state index is 12.8. The van der Waals surface area contributed by atoms with Crippen LogP contribution in [0.4, 0.5) is 5.69 Å². The van der Waals surface area contributed by atoms with Crippen molar-refractivity contribution in [1.82, 2.24) is 9.88 Å². The number of aromatic nitrogens is 1. The smallest absolute Gasteiger partial charge is 0.256 e. The zero-order chi connectivity index (χ0) is 19.7. The van der Waals surface area contributed by atoms with Crippen LogP contribution in [0.2, 0.25) is 0 Å². The van der Waals surface area contributed by atoms with E-state index in [0.29, 0.717) is 11.1 Å². The van der Waals surface area contributed by atoms with Crippen molar-refractivity contribution in [3.05, 3.63) is 75.7 Å². The van der Waals surface area contributed by atoms with Crippen molar-refractivity contribution >= 4 is 22.4 Å². The molecule has 1 amide bonds. The Kier molecular flexibility index (Phi) is 4.88. The van der Waals surface area contributed by atoms with Crippen molar-refractivity contribution in [2.24, 2.45) is 5.73 Å². The number of fused-ring (bicyclic) bond motifs is 2. The Morgan fingerprint density at radius 1 is 1.25 bits per heavy atom. The first kappa shape index (κ1) is 18.3. The number of carbonyl (C=O) groups excluding carboxylic acids is 1. The van der Waals surface area contributed by atoms with E-state index in [9.17, 15) is 9.59 Å². The van der Waals surface area contributed by atoms with Gasteiger partial charge in [0.05, 0.1) is 12.6 Å². The van der Waals surface area contributed by atoms with Crippen molar-refractivity contribution < 1.29 is 4.79 Å². The number of rotatable bonds is 4. The number of nitrogens with two attached hydrogens (primary N) is 1. The van der Waals surface area contributed by atoms with Gasteiger partial charge in [-0.15, -0.1) is 0 Å². The Hall–Kier alpha value is -3.12. The van der Waals surface area contributed by atoms with Gasteiger partial charge in [-0.2, -0.15) is 0 Å². The summed E-state index contributed by atoms with van der Waals surface area (Å²) < 4.78 is 0. The van der Waals surface area contributed by atoms with Gasteiger partial charge in [-0.25, -0.2) is 0 Å². The van der Waals surface area contributed by atoms with Gasteiger partial charge in [-0.1, -0.05) is 24.3 Å². The highest BCUT2D eigenvalue weighted by molar-refractivity contribution is 5.87. The van der Waals surface area contributed by atoms with Crippen LogP contribution in [-0.2, 0) is 17.8 Å². The van der Waals surface area contributed by atoms with Gasteiger partial charge in [0, 0.05) is 29.9 Å². The SMILES string of the molecule is CC1c2ccccc2CCN1C(=O)CNc1ccc2c(=O)[nH]c(CN)cc2c1. The lowest BCUT2D eigenvalue weighted by Gasteiger charge is -2.35. The predicted molar refractivity (Wildman–Crippen MR) is 111 cm³/mol. The van der Waals surface area contributed by atoms with Crippen LogP contribution in [0.3, 0.4) is 0 Å². The molecule has 3 aromatic rings. The number of aromatic amines is 1. The zero-order valence-corrected chi connectivity index (χ0v) is 15.9. The first-order chi connectivity index (χ1) is 13.6. The number of pyridine rings is 1. The second-order valence-electron chi connectivity index (χ2n) is 7.20. The second kappa shape index (κ2) is 7.48. The number of amides is 1. The number of hydrogen-bond donors (Lipinski definition) is 3. The molecule has 0 fully saturated rings. The summed E-state index contributed by atoms with van der Waals surface area (Å²) in [6, 6.07) is 15.7. The molecule has 0 spiro atoms. The minimum atomic E-state index is -0.151. The van der Waals surface area contributed by atoms with Crippen LogP contribution >= 0.6 is 0 Å². The third-order valence-corrected chi connectivity index (χ3v) is 5.48. The fourth-order valence-corrected chi connectivity index (χ4v) is 3.94. The Morgan fingerprint density at radius 2 is 2.07 bits per heavy atom. The van der Waals surface area contributed by atoms with Gasteiger partial charge < -0.3 is 20.9 Å². The van der Waals surface area contributed by atoms with E-state index in [1.54, 1.807) is 6.07 Å². The highest BCUT2D eigenvalue weighted by Gasteiger charge is 2.26. The maximum Gasteiger partial charge on any atom is 0.256 e. The van der Waals surface area contributed by atoms with Gasteiger partial charge in [-0.3, -0.25) is 9.59 Å². The summed E-state index contributed by atoms with van der Waals surface area (Å²) in [5.74, 6) is 0.0654. The highest BCUT2D eigenvalue weighted by atomic mass is 16.2. The summed E-state index contributed by atoms with van der Waals surface area (Å²) in [4.78, 5) is 29.6. The van der Waals surface area contributed by atoms with E-state index in [1.807, 2.05) is 35.2 Å². The first-order valence-electron chi connectivity index (χ1n) is 9.54. The molecule has 0 radical (unpaired) electrons. The molecule has 0 saturated heterocycles. The van der Waals surface area contributed by atoms with Crippen LogP contribution in [0.15, 0.2) is 53.3 Å².